The van der Waals surface area contributed by atoms with Crippen LogP contribution in [-0.2, 0) is 26.0 Å². The average Bonchev–Trinajstić information content (AvgIpc) is 2.68. The summed E-state index contributed by atoms with van der Waals surface area (Å²) in [6, 6.07) is 14.2. The van der Waals surface area contributed by atoms with Crippen LogP contribution in [0.5, 0.6) is 5.75 Å². The standard InChI is InChI=1S/C19H22N2O5S/c1-2-25-19(22)18-13-20-16-9-8-15(12-17(16)26-18)27(23,24)21-11-10-14-6-4-3-5-7-14/h3-9,12,18,20-21H,2,10-11,13H2,1H3/t18-/m1/s1. The molecule has 2 aromatic carbocycles. The van der Waals surface area contributed by atoms with Crippen LogP contribution in [0, 0.1) is 0 Å². The van der Waals surface area contributed by atoms with Gasteiger partial charge in [0, 0.05) is 12.6 Å². The van der Waals surface area contributed by atoms with Gasteiger partial charge in [0.2, 0.25) is 16.1 Å². The number of fused-ring (bicyclic) bond motifs is 1. The molecule has 0 saturated carbocycles. The van der Waals surface area contributed by atoms with Gasteiger partial charge >= 0.3 is 5.97 Å². The average molecular weight is 390 g/mol. The molecule has 0 unspecified atom stereocenters. The van der Waals surface area contributed by atoms with Crippen molar-refractivity contribution in [3.63, 3.8) is 0 Å². The largest absolute Gasteiger partial charge is 0.475 e. The van der Waals surface area contributed by atoms with E-state index in [1.165, 1.54) is 12.1 Å². The molecule has 0 fully saturated rings. The minimum atomic E-state index is -3.69. The minimum absolute atomic E-state index is 0.0839. The van der Waals surface area contributed by atoms with Crippen LogP contribution in [0.2, 0.25) is 0 Å². The highest BCUT2D eigenvalue weighted by atomic mass is 32.2. The topological polar surface area (TPSA) is 93.7 Å². The molecule has 2 aromatic rings. The van der Waals surface area contributed by atoms with Crippen molar-refractivity contribution in [2.45, 2.75) is 24.3 Å². The summed E-state index contributed by atoms with van der Waals surface area (Å²) in [5.74, 6) is -0.171. The Morgan fingerprint density at radius 3 is 2.78 bits per heavy atom. The zero-order valence-electron chi connectivity index (χ0n) is 15.0. The van der Waals surface area contributed by atoms with Crippen LogP contribution in [-0.4, -0.2) is 40.2 Å². The monoisotopic (exact) mass is 390 g/mol. The zero-order valence-corrected chi connectivity index (χ0v) is 15.8. The molecule has 0 bridgehead atoms. The third-order valence-electron chi connectivity index (χ3n) is 4.11. The first-order valence-electron chi connectivity index (χ1n) is 8.74. The Morgan fingerprint density at radius 2 is 2.04 bits per heavy atom. The molecule has 27 heavy (non-hydrogen) atoms. The van der Waals surface area contributed by atoms with Gasteiger partial charge in [-0.3, -0.25) is 0 Å². The molecule has 3 rings (SSSR count). The van der Waals surface area contributed by atoms with Gasteiger partial charge in [-0.15, -0.1) is 0 Å². The van der Waals surface area contributed by atoms with E-state index in [1.54, 1.807) is 13.0 Å². The van der Waals surface area contributed by atoms with Gasteiger partial charge < -0.3 is 14.8 Å². The quantitative estimate of drug-likeness (QED) is 0.702. The molecule has 0 spiro atoms. The molecule has 7 nitrogen and oxygen atoms in total. The molecule has 1 aliphatic heterocycles. The highest BCUT2D eigenvalue weighted by Crippen LogP contribution is 2.31. The van der Waals surface area contributed by atoms with Crippen LogP contribution >= 0.6 is 0 Å². The predicted octanol–water partition coefficient (Wildman–Crippen LogP) is 1.94. The van der Waals surface area contributed by atoms with Crippen molar-refractivity contribution in [3.8, 4) is 5.75 Å². The van der Waals surface area contributed by atoms with Gasteiger partial charge in [0.25, 0.3) is 0 Å². The van der Waals surface area contributed by atoms with Crippen molar-refractivity contribution in [3.05, 3.63) is 54.1 Å². The fraction of sp³-hybridized carbons (Fsp3) is 0.316. The molecular formula is C19H22N2O5S. The van der Waals surface area contributed by atoms with Crippen molar-refractivity contribution >= 4 is 21.7 Å². The number of ether oxygens (including phenoxy) is 2. The number of sulfonamides is 1. The number of anilines is 1. The summed E-state index contributed by atoms with van der Waals surface area (Å²) in [5.41, 5.74) is 1.69. The van der Waals surface area contributed by atoms with Crippen LogP contribution in [0.3, 0.4) is 0 Å². The van der Waals surface area contributed by atoms with Gasteiger partial charge in [-0.05, 0) is 31.0 Å². The first-order valence-corrected chi connectivity index (χ1v) is 10.2. The molecule has 2 N–H and O–H groups in total. The lowest BCUT2D eigenvalue weighted by molar-refractivity contribution is -0.150. The smallest absolute Gasteiger partial charge is 0.349 e. The van der Waals surface area contributed by atoms with Crippen molar-refractivity contribution in [2.24, 2.45) is 0 Å². The second-order valence-corrected chi connectivity index (χ2v) is 7.80. The second-order valence-electron chi connectivity index (χ2n) is 6.03. The van der Waals surface area contributed by atoms with E-state index in [4.69, 9.17) is 9.47 Å². The third-order valence-corrected chi connectivity index (χ3v) is 5.57. The van der Waals surface area contributed by atoms with E-state index in [1.807, 2.05) is 30.3 Å². The first-order chi connectivity index (χ1) is 13.0. The molecule has 1 atom stereocenters. The van der Waals surface area contributed by atoms with E-state index in [0.29, 0.717) is 17.9 Å². The van der Waals surface area contributed by atoms with Crippen molar-refractivity contribution in [1.29, 1.82) is 0 Å². The number of rotatable bonds is 7. The molecule has 1 aliphatic rings. The number of carbonyl (C=O) groups is 1. The predicted molar refractivity (Wildman–Crippen MR) is 101 cm³/mol. The molecular weight excluding hydrogens is 368 g/mol. The third kappa shape index (κ3) is 4.78. The van der Waals surface area contributed by atoms with Gasteiger partial charge in [0.1, 0.15) is 5.75 Å². The van der Waals surface area contributed by atoms with Gasteiger partial charge in [-0.2, -0.15) is 0 Å². The molecule has 144 valence electrons. The molecule has 0 saturated heterocycles. The van der Waals surface area contributed by atoms with Crippen LogP contribution in [0.1, 0.15) is 12.5 Å². The Hall–Kier alpha value is -2.58. The van der Waals surface area contributed by atoms with Gasteiger partial charge in [0.05, 0.1) is 23.7 Å². The van der Waals surface area contributed by atoms with Crippen LogP contribution in [0.4, 0.5) is 5.69 Å². The number of esters is 1. The molecule has 0 aromatic heterocycles. The van der Waals surface area contributed by atoms with Crippen molar-refractivity contribution in [2.75, 3.05) is 25.0 Å². The summed E-state index contributed by atoms with van der Waals surface area (Å²) >= 11 is 0. The molecule has 0 aliphatic carbocycles. The molecule has 0 radical (unpaired) electrons. The van der Waals surface area contributed by atoms with E-state index in [9.17, 15) is 13.2 Å². The fourth-order valence-electron chi connectivity index (χ4n) is 2.74. The Kier molecular flexibility index (Phi) is 5.98. The zero-order chi connectivity index (χ0) is 19.3. The van der Waals surface area contributed by atoms with E-state index in [2.05, 4.69) is 10.0 Å². The Bertz CT molecular complexity index is 900. The minimum Gasteiger partial charge on any atom is -0.475 e. The maximum Gasteiger partial charge on any atom is 0.349 e. The Balaban J connectivity index is 1.68. The van der Waals surface area contributed by atoms with Crippen molar-refractivity contribution in [1.82, 2.24) is 4.72 Å². The van der Waals surface area contributed by atoms with Crippen LogP contribution in [0.25, 0.3) is 0 Å². The number of hydrogen-bond donors (Lipinski definition) is 2. The van der Waals surface area contributed by atoms with E-state index < -0.39 is 22.1 Å². The lowest BCUT2D eigenvalue weighted by Crippen LogP contribution is -2.39. The van der Waals surface area contributed by atoms with Gasteiger partial charge in [-0.1, -0.05) is 30.3 Å². The Labute approximate surface area is 158 Å². The lowest BCUT2D eigenvalue weighted by atomic mass is 10.2. The van der Waals surface area contributed by atoms with Crippen LogP contribution < -0.4 is 14.8 Å². The second kappa shape index (κ2) is 8.41. The van der Waals surface area contributed by atoms with E-state index in [0.717, 1.165) is 5.56 Å². The SMILES string of the molecule is CCOC(=O)[C@H]1CNc2ccc(S(=O)(=O)NCCc3ccccc3)cc2O1. The van der Waals surface area contributed by atoms with E-state index in [-0.39, 0.29) is 24.6 Å². The number of hydrogen-bond acceptors (Lipinski definition) is 6. The lowest BCUT2D eigenvalue weighted by Gasteiger charge is -2.26. The van der Waals surface area contributed by atoms with Crippen molar-refractivity contribution < 1.29 is 22.7 Å². The van der Waals surface area contributed by atoms with Crippen LogP contribution in [0.15, 0.2) is 53.4 Å². The highest BCUT2D eigenvalue weighted by Gasteiger charge is 2.28. The summed E-state index contributed by atoms with van der Waals surface area (Å²) in [5, 5.41) is 3.05. The fourth-order valence-corrected chi connectivity index (χ4v) is 3.78. The first kappa shape index (κ1) is 19.2. The summed E-state index contributed by atoms with van der Waals surface area (Å²) in [6.07, 6.45) is -0.213. The summed E-state index contributed by atoms with van der Waals surface area (Å²) < 4.78 is 38.3. The highest BCUT2D eigenvalue weighted by molar-refractivity contribution is 7.89. The van der Waals surface area contributed by atoms with Gasteiger partial charge in [0.15, 0.2) is 0 Å². The summed E-state index contributed by atoms with van der Waals surface area (Å²) in [6.45, 7) is 2.53. The summed E-state index contributed by atoms with van der Waals surface area (Å²) in [7, 11) is -3.69. The van der Waals surface area contributed by atoms with Gasteiger partial charge in [-0.25, -0.2) is 17.9 Å². The molecule has 8 heteroatoms. The molecule has 0 amide bonds. The number of nitrogens with one attached hydrogen (secondary N) is 2. The van der Waals surface area contributed by atoms with E-state index >= 15 is 0 Å². The Morgan fingerprint density at radius 1 is 1.26 bits per heavy atom. The summed E-state index contributed by atoms with van der Waals surface area (Å²) in [4.78, 5) is 11.9. The maximum atomic E-state index is 12.5. The maximum absolute atomic E-state index is 12.5. The number of benzene rings is 2. The number of carbonyl (C=O) groups excluding carboxylic acids is 1. The molecule has 1 heterocycles. The normalized spacial score (nSPS) is 16.0.